The van der Waals surface area contributed by atoms with Gasteiger partial charge in [0.05, 0.1) is 24.6 Å². The van der Waals surface area contributed by atoms with Crippen molar-refractivity contribution in [1.29, 1.82) is 0 Å². The van der Waals surface area contributed by atoms with Crippen LogP contribution in [0.5, 0.6) is 0 Å². The molecule has 1 aromatic carbocycles. The summed E-state index contributed by atoms with van der Waals surface area (Å²) in [5.74, 6) is -0.665. The second kappa shape index (κ2) is 10.2. The third-order valence-electron chi connectivity index (χ3n) is 5.93. The molecule has 1 aliphatic rings. The van der Waals surface area contributed by atoms with Crippen LogP contribution in [0.15, 0.2) is 30.3 Å². The smallest absolute Gasteiger partial charge is 0.309 e. The van der Waals surface area contributed by atoms with Gasteiger partial charge in [-0.3, -0.25) is 14.4 Å². The van der Waals surface area contributed by atoms with Gasteiger partial charge in [-0.15, -0.1) is 0 Å². The third kappa shape index (κ3) is 5.15. The number of carbonyl (C=O) groups is 3. The van der Waals surface area contributed by atoms with Crippen molar-refractivity contribution in [2.45, 2.75) is 33.6 Å². The van der Waals surface area contributed by atoms with E-state index in [1.807, 2.05) is 48.7 Å². The normalized spacial score (nSPS) is 14.3. The van der Waals surface area contributed by atoms with E-state index in [0.717, 1.165) is 17.1 Å². The Morgan fingerprint density at radius 2 is 1.75 bits per heavy atom. The maximum atomic E-state index is 13.1. The first-order valence-corrected chi connectivity index (χ1v) is 11.3. The fourth-order valence-corrected chi connectivity index (χ4v) is 4.30. The van der Waals surface area contributed by atoms with Gasteiger partial charge >= 0.3 is 5.97 Å². The summed E-state index contributed by atoms with van der Waals surface area (Å²) in [5.41, 5.74) is 3.22. The van der Waals surface area contributed by atoms with Crippen LogP contribution in [0.25, 0.3) is 5.69 Å². The first-order valence-electron chi connectivity index (χ1n) is 10.9. The Balaban J connectivity index is 1.64. The monoisotopic (exact) mass is 459 g/mol. The van der Waals surface area contributed by atoms with Gasteiger partial charge in [-0.2, -0.15) is 0 Å². The van der Waals surface area contributed by atoms with Crippen LogP contribution in [0, 0.1) is 19.8 Å². The molecule has 0 unspecified atom stereocenters. The molecule has 0 aliphatic carbocycles. The summed E-state index contributed by atoms with van der Waals surface area (Å²) in [6, 6.07) is 9.28. The average molecular weight is 460 g/mol. The lowest BCUT2D eigenvalue weighted by molar-refractivity contribution is -0.151. The Kier molecular flexibility index (Phi) is 7.61. The zero-order valence-electron chi connectivity index (χ0n) is 19.1. The molecule has 1 aromatic heterocycles. The van der Waals surface area contributed by atoms with E-state index in [9.17, 15) is 14.4 Å². The Morgan fingerprint density at radius 1 is 1.12 bits per heavy atom. The van der Waals surface area contributed by atoms with Crippen LogP contribution in [0.1, 0.15) is 41.5 Å². The zero-order valence-corrected chi connectivity index (χ0v) is 19.8. The fraction of sp³-hybridized carbons (Fsp3) is 0.458. The molecule has 8 heteroatoms. The van der Waals surface area contributed by atoms with Gasteiger partial charge in [-0.25, -0.2) is 0 Å². The van der Waals surface area contributed by atoms with E-state index in [1.165, 1.54) is 4.90 Å². The number of likely N-dealkylation sites (N-methyl/N-ethyl adjacent to an activating group) is 1. The van der Waals surface area contributed by atoms with E-state index < -0.39 is 0 Å². The van der Waals surface area contributed by atoms with Crippen LogP contribution in [0.3, 0.4) is 0 Å². The van der Waals surface area contributed by atoms with E-state index in [-0.39, 0.29) is 30.2 Å². The molecule has 2 aromatic rings. The summed E-state index contributed by atoms with van der Waals surface area (Å²) < 4.78 is 7.08. The highest BCUT2D eigenvalue weighted by atomic mass is 35.5. The highest BCUT2D eigenvalue weighted by Crippen LogP contribution is 2.23. The van der Waals surface area contributed by atoms with Crippen LogP contribution >= 0.6 is 11.6 Å². The molecule has 1 aliphatic heterocycles. The van der Waals surface area contributed by atoms with Gasteiger partial charge in [0, 0.05) is 42.2 Å². The van der Waals surface area contributed by atoms with Crippen molar-refractivity contribution in [2.24, 2.45) is 5.92 Å². The molecular formula is C24H30ClN3O4. The first-order chi connectivity index (χ1) is 15.2. The SMILES string of the molecule is CCOC(=O)C1CCN(C(=O)CN(C)C(=O)c2cc(C)n(-c3ccc(Cl)cc3)c2C)CC1. The predicted molar refractivity (Wildman–Crippen MR) is 123 cm³/mol. The second-order valence-corrected chi connectivity index (χ2v) is 8.60. The van der Waals surface area contributed by atoms with Crippen molar-refractivity contribution >= 4 is 29.4 Å². The van der Waals surface area contributed by atoms with Gasteiger partial charge in [-0.05, 0) is 63.9 Å². The molecule has 1 saturated heterocycles. The number of ether oxygens (including phenoxy) is 1. The van der Waals surface area contributed by atoms with Crippen LogP contribution in [0.4, 0.5) is 0 Å². The number of hydrogen-bond donors (Lipinski definition) is 0. The molecule has 0 spiro atoms. The highest BCUT2D eigenvalue weighted by molar-refractivity contribution is 6.30. The van der Waals surface area contributed by atoms with Crippen LogP contribution < -0.4 is 0 Å². The third-order valence-corrected chi connectivity index (χ3v) is 6.19. The van der Waals surface area contributed by atoms with Crippen molar-refractivity contribution in [3.05, 3.63) is 52.3 Å². The minimum Gasteiger partial charge on any atom is -0.466 e. The Hall–Kier alpha value is -2.80. The van der Waals surface area contributed by atoms with Crippen LogP contribution in [-0.2, 0) is 14.3 Å². The van der Waals surface area contributed by atoms with Crippen molar-refractivity contribution in [2.75, 3.05) is 33.3 Å². The number of aryl methyl sites for hydroxylation is 1. The number of piperidine rings is 1. The number of likely N-dealkylation sites (tertiary alicyclic amines) is 1. The van der Waals surface area contributed by atoms with E-state index >= 15 is 0 Å². The van der Waals surface area contributed by atoms with E-state index in [4.69, 9.17) is 16.3 Å². The van der Waals surface area contributed by atoms with E-state index in [1.54, 1.807) is 18.9 Å². The molecule has 172 valence electrons. The maximum absolute atomic E-state index is 13.1. The highest BCUT2D eigenvalue weighted by Gasteiger charge is 2.29. The molecule has 2 heterocycles. The van der Waals surface area contributed by atoms with Gasteiger partial charge in [0.15, 0.2) is 0 Å². The number of halogens is 1. The summed E-state index contributed by atoms with van der Waals surface area (Å²) in [4.78, 5) is 40.9. The quantitative estimate of drug-likeness (QED) is 0.618. The largest absolute Gasteiger partial charge is 0.466 e. The molecule has 0 saturated carbocycles. The first kappa shape index (κ1) is 23.9. The topological polar surface area (TPSA) is 71.8 Å². The Bertz CT molecular complexity index is 991. The lowest BCUT2D eigenvalue weighted by atomic mass is 9.97. The minimum absolute atomic E-state index is 0.00643. The summed E-state index contributed by atoms with van der Waals surface area (Å²) in [6.45, 7) is 6.97. The molecule has 1 fully saturated rings. The van der Waals surface area contributed by atoms with E-state index in [2.05, 4.69) is 0 Å². The standard InChI is InChI=1S/C24H30ClN3O4/c1-5-32-24(31)18-10-12-27(13-11-18)22(29)15-26(4)23(30)21-14-16(2)28(17(21)3)20-8-6-19(25)7-9-20/h6-9,14,18H,5,10-13,15H2,1-4H3. The van der Waals surface area contributed by atoms with E-state index in [0.29, 0.717) is 43.1 Å². The molecule has 2 amide bonds. The zero-order chi connectivity index (χ0) is 23.4. The van der Waals surface area contributed by atoms with Crippen molar-refractivity contribution in [3.8, 4) is 5.69 Å². The number of carbonyl (C=O) groups excluding carboxylic acids is 3. The number of nitrogens with zero attached hydrogens (tertiary/aromatic N) is 3. The number of aromatic nitrogens is 1. The lowest BCUT2D eigenvalue weighted by Crippen LogP contribution is -2.45. The van der Waals surface area contributed by atoms with Crippen molar-refractivity contribution < 1.29 is 19.1 Å². The van der Waals surface area contributed by atoms with Gasteiger partial charge in [0.25, 0.3) is 5.91 Å². The number of esters is 1. The molecule has 32 heavy (non-hydrogen) atoms. The number of benzene rings is 1. The van der Waals surface area contributed by atoms with Crippen LogP contribution in [0.2, 0.25) is 5.02 Å². The summed E-state index contributed by atoms with van der Waals surface area (Å²) in [5, 5.41) is 0.650. The molecule has 3 rings (SSSR count). The van der Waals surface area contributed by atoms with Crippen LogP contribution in [-0.4, -0.2) is 65.4 Å². The molecule has 0 bridgehead atoms. The molecule has 0 N–H and O–H groups in total. The summed E-state index contributed by atoms with van der Waals surface area (Å²) in [7, 11) is 1.64. The maximum Gasteiger partial charge on any atom is 0.309 e. The summed E-state index contributed by atoms with van der Waals surface area (Å²) >= 11 is 6.00. The lowest BCUT2D eigenvalue weighted by Gasteiger charge is -2.32. The van der Waals surface area contributed by atoms with Crippen molar-refractivity contribution in [1.82, 2.24) is 14.4 Å². The van der Waals surface area contributed by atoms with Crippen molar-refractivity contribution in [3.63, 3.8) is 0 Å². The Morgan fingerprint density at radius 3 is 2.34 bits per heavy atom. The minimum atomic E-state index is -0.201. The van der Waals surface area contributed by atoms with Gasteiger partial charge in [0.2, 0.25) is 5.91 Å². The predicted octanol–water partition coefficient (Wildman–Crippen LogP) is 3.62. The molecular weight excluding hydrogens is 430 g/mol. The summed E-state index contributed by atoms with van der Waals surface area (Å²) in [6.07, 6.45) is 1.18. The second-order valence-electron chi connectivity index (χ2n) is 8.16. The number of hydrogen-bond acceptors (Lipinski definition) is 4. The van der Waals surface area contributed by atoms with Gasteiger partial charge < -0.3 is 19.1 Å². The number of rotatable bonds is 6. The molecule has 0 atom stereocenters. The average Bonchev–Trinajstić information content (AvgIpc) is 3.08. The number of amides is 2. The fourth-order valence-electron chi connectivity index (χ4n) is 4.17. The Labute approximate surface area is 193 Å². The molecule has 7 nitrogen and oxygen atoms in total. The van der Waals surface area contributed by atoms with Gasteiger partial charge in [0.1, 0.15) is 0 Å². The molecule has 0 radical (unpaired) electrons. The van der Waals surface area contributed by atoms with Gasteiger partial charge in [-0.1, -0.05) is 11.6 Å².